The first-order valence-corrected chi connectivity index (χ1v) is 10.9. The number of aromatic nitrogens is 7. The standard InChI is InChI=1S/C24H22N8O/c1-15-12-18-17(23-28-30-31-29-23)8-5-9-21(18)32(15)24-26-20-10-11-33-14-19(20)22(27-24)25-13-16-6-3-2-4-7-16/h2-9,12H,10-11,13-14H2,1H3,(H,25,26,27)(H,28,29,30,31). The molecule has 0 fully saturated rings. The van der Waals surface area contributed by atoms with E-state index in [2.05, 4.69) is 61.7 Å². The van der Waals surface area contributed by atoms with Gasteiger partial charge in [-0.3, -0.25) is 4.57 Å². The lowest BCUT2D eigenvalue weighted by Crippen LogP contribution is -2.19. The van der Waals surface area contributed by atoms with Crippen LogP contribution in [0.4, 0.5) is 5.82 Å². The number of aryl methyl sites for hydroxylation is 1. The molecule has 0 amide bonds. The second-order valence-electron chi connectivity index (χ2n) is 8.05. The number of anilines is 1. The van der Waals surface area contributed by atoms with Crippen molar-refractivity contribution in [3.63, 3.8) is 0 Å². The first-order chi connectivity index (χ1) is 16.3. The summed E-state index contributed by atoms with van der Waals surface area (Å²) in [6, 6.07) is 18.5. The Morgan fingerprint density at radius 2 is 2.00 bits per heavy atom. The zero-order valence-corrected chi connectivity index (χ0v) is 18.1. The highest BCUT2D eigenvalue weighted by atomic mass is 16.5. The SMILES string of the molecule is Cc1cc2c(-c3nnn[nH]3)cccc2n1-c1nc2c(c(NCc3ccccc3)n1)COCC2. The van der Waals surface area contributed by atoms with E-state index in [1.165, 1.54) is 5.56 Å². The topological polar surface area (TPSA) is 106 Å². The van der Waals surface area contributed by atoms with Crippen molar-refractivity contribution in [1.82, 2.24) is 35.2 Å². The fourth-order valence-corrected chi connectivity index (χ4v) is 4.36. The van der Waals surface area contributed by atoms with E-state index >= 15 is 0 Å². The molecule has 0 bridgehead atoms. The van der Waals surface area contributed by atoms with Gasteiger partial charge in [0.15, 0.2) is 5.82 Å². The molecule has 164 valence electrons. The molecule has 0 atom stereocenters. The minimum absolute atomic E-state index is 0.515. The number of rotatable bonds is 5. The highest BCUT2D eigenvalue weighted by Gasteiger charge is 2.21. The quantitative estimate of drug-likeness (QED) is 0.432. The van der Waals surface area contributed by atoms with E-state index in [9.17, 15) is 0 Å². The van der Waals surface area contributed by atoms with Gasteiger partial charge in [0.2, 0.25) is 5.95 Å². The molecule has 9 nitrogen and oxygen atoms in total. The molecule has 0 spiro atoms. The Kier molecular flexibility index (Phi) is 4.80. The second-order valence-corrected chi connectivity index (χ2v) is 8.05. The highest BCUT2D eigenvalue weighted by molar-refractivity contribution is 5.95. The summed E-state index contributed by atoms with van der Waals surface area (Å²) in [7, 11) is 0. The van der Waals surface area contributed by atoms with Gasteiger partial charge in [0.05, 0.1) is 24.4 Å². The number of benzene rings is 2. The smallest absolute Gasteiger partial charge is 0.236 e. The van der Waals surface area contributed by atoms with E-state index < -0.39 is 0 Å². The lowest BCUT2D eigenvalue weighted by Gasteiger charge is -2.21. The summed E-state index contributed by atoms with van der Waals surface area (Å²) in [5.74, 6) is 2.09. The Morgan fingerprint density at radius 3 is 2.85 bits per heavy atom. The molecule has 2 N–H and O–H groups in total. The molecule has 3 aromatic heterocycles. The summed E-state index contributed by atoms with van der Waals surface area (Å²) in [5, 5.41) is 19.0. The second kappa shape index (κ2) is 8.10. The molecule has 1 aliphatic heterocycles. The molecule has 33 heavy (non-hydrogen) atoms. The number of fused-ring (bicyclic) bond motifs is 2. The highest BCUT2D eigenvalue weighted by Crippen LogP contribution is 2.32. The first kappa shape index (κ1) is 19.6. The summed E-state index contributed by atoms with van der Waals surface area (Å²) in [6.07, 6.45) is 0.762. The Morgan fingerprint density at radius 1 is 1.09 bits per heavy atom. The Labute approximate surface area is 189 Å². The van der Waals surface area contributed by atoms with Crippen molar-refractivity contribution in [2.45, 2.75) is 26.5 Å². The lowest BCUT2D eigenvalue weighted by molar-refractivity contribution is 0.109. The normalized spacial score (nSPS) is 13.2. The molecule has 2 aromatic carbocycles. The monoisotopic (exact) mass is 438 g/mol. The molecule has 0 radical (unpaired) electrons. The molecule has 0 saturated heterocycles. The fraction of sp³-hybridized carbons (Fsp3) is 0.208. The van der Waals surface area contributed by atoms with Gasteiger partial charge in [-0.05, 0) is 35.0 Å². The van der Waals surface area contributed by atoms with Gasteiger partial charge in [-0.25, -0.2) is 10.1 Å². The molecule has 5 aromatic rings. The van der Waals surface area contributed by atoms with Crippen molar-refractivity contribution in [1.29, 1.82) is 0 Å². The summed E-state index contributed by atoms with van der Waals surface area (Å²) in [4.78, 5) is 9.92. The maximum absolute atomic E-state index is 5.72. The minimum Gasteiger partial charge on any atom is -0.376 e. The van der Waals surface area contributed by atoms with Gasteiger partial charge >= 0.3 is 0 Å². The Balaban J connectivity index is 1.47. The summed E-state index contributed by atoms with van der Waals surface area (Å²) in [5.41, 5.74) is 6.22. The molecule has 1 aliphatic rings. The number of hydrogen-bond acceptors (Lipinski definition) is 7. The van der Waals surface area contributed by atoms with Crippen molar-refractivity contribution in [3.05, 3.63) is 77.1 Å². The number of ether oxygens (including phenoxy) is 1. The predicted octanol–water partition coefficient (Wildman–Crippen LogP) is 3.59. The van der Waals surface area contributed by atoms with Crippen LogP contribution in [0.5, 0.6) is 0 Å². The van der Waals surface area contributed by atoms with Crippen molar-refractivity contribution in [2.75, 3.05) is 11.9 Å². The van der Waals surface area contributed by atoms with Gasteiger partial charge in [-0.15, -0.1) is 5.10 Å². The number of H-pyrrole nitrogens is 1. The van der Waals surface area contributed by atoms with Gasteiger partial charge in [-0.2, -0.15) is 4.98 Å². The molecule has 0 aliphatic carbocycles. The van der Waals surface area contributed by atoms with E-state index in [0.717, 1.165) is 45.7 Å². The maximum Gasteiger partial charge on any atom is 0.236 e. The van der Waals surface area contributed by atoms with Crippen LogP contribution in [-0.4, -0.2) is 41.8 Å². The van der Waals surface area contributed by atoms with E-state index in [1.54, 1.807) is 0 Å². The van der Waals surface area contributed by atoms with Crippen molar-refractivity contribution in [2.24, 2.45) is 0 Å². The van der Waals surface area contributed by atoms with Crippen LogP contribution >= 0.6 is 0 Å². The molecule has 6 rings (SSSR count). The van der Waals surface area contributed by atoms with Gasteiger partial charge in [0.25, 0.3) is 0 Å². The van der Waals surface area contributed by atoms with Crippen LogP contribution in [0.2, 0.25) is 0 Å². The van der Waals surface area contributed by atoms with E-state index in [0.29, 0.717) is 31.5 Å². The zero-order valence-electron chi connectivity index (χ0n) is 18.1. The third-order valence-corrected chi connectivity index (χ3v) is 5.94. The molecule has 4 heterocycles. The largest absolute Gasteiger partial charge is 0.376 e. The summed E-state index contributed by atoms with van der Waals surface area (Å²) < 4.78 is 7.81. The van der Waals surface area contributed by atoms with Crippen LogP contribution in [0.3, 0.4) is 0 Å². The van der Waals surface area contributed by atoms with Gasteiger partial charge < -0.3 is 10.1 Å². The van der Waals surface area contributed by atoms with Crippen LogP contribution in [0.15, 0.2) is 54.6 Å². The van der Waals surface area contributed by atoms with Crippen LogP contribution in [0.1, 0.15) is 22.5 Å². The number of nitrogens with zero attached hydrogens (tertiary/aromatic N) is 6. The van der Waals surface area contributed by atoms with Crippen LogP contribution < -0.4 is 5.32 Å². The Hall–Kier alpha value is -4.11. The third-order valence-electron chi connectivity index (χ3n) is 5.94. The van der Waals surface area contributed by atoms with Crippen LogP contribution in [0, 0.1) is 6.92 Å². The number of tetrazole rings is 1. The van der Waals surface area contributed by atoms with Crippen LogP contribution in [0.25, 0.3) is 28.2 Å². The van der Waals surface area contributed by atoms with Gasteiger partial charge in [-0.1, -0.05) is 42.5 Å². The van der Waals surface area contributed by atoms with Crippen molar-refractivity contribution < 1.29 is 4.74 Å². The summed E-state index contributed by atoms with van der Waals surface area (Å²) in [6.45, 7) is 3.92. The molecule has 9 heteroatoms. The lowest BCUT2D eigenvalue weighted by atomic mass is 10.1. The van der Waals surface area contributed by atoms with Gasteiger partial charge in [0, 0.05) is 35.2 Å². The van der Waals surface area contributed by atoms with E-state index in [-0.39, 0.29) is 0 Å². The predicted molar refractivity (Wildman–Crippen MR) is 124 cm³/mol. The van der Waals surface area contributed by atoms with Crippen molar-refractivity contribution in [3.8, 4) is 17.3 Å². The zero-order chi connectivity index (χ0) is 22.2. The molecular weight excluding hydrogens is 416 g/mol. The van der Waals surface area contributed by atoms with Crippen LogP contribution in [-0.2, 0) is 24.3 Å². The maximum atomic E-state index is 5.72. The molecule has 0 unspecified atom stereocenters. The Bertz CT molecular complexity index is 1430. The number of aromatic amines is 1. The first-order valence-electron chi connectivity index (χ1n) is 10.9. The number of hydrogen-bond donors (Lipinski definition) is 2. The molecule has 0 saturated carbocycles. The number of nitrogens with one attached hydrogen (secondary N) is 2. The fourth-order valence-electron chi connectivity index (χ4n) is 4.36. The average molecular weight is 438 g/mol. The average Bonchev–Trinajstić information content (AvgIpc) is 3.50. The summed E-state index contributed by atoms with van der Waals surface area (Å²) >= 11 is 0. The van der Waals surface area contributed by atoms with E-state index in [4.69, 9.17) is 14.7 Å². The van der Waals surface area contributed by atoms with Crippen molar-refractivity contribution >= 4 is 16.7 Å². The van der Waals surface area contributed by atoms with E-state index in [1.807, 2.05) is 30.3 Å². The minimum atomic E-state index is 0.515. The van der Waals surface area contributed by atoms with Gasteiger partial charge in [0.1, 0.15) is 5.82 Å². The third kappa shape index (κ3) is 3.52. The molecular formula is C24H22N8O.